The van der Waals surface area contributed by atoms with Crippen LogP contribution < -0.4 is 0 Å². The molecule has 14 heavy (non-hydrogen) atoms. The Morgan fingerprint density at radius 3 is 2.86 bits per heavy atom. The van der Waals surface area contributed by atoms with Crippen molar-refractivity contribution in [2.45, 2.75) is 6.54 Å². The first-order chi connectivity index (χ1) is 6.58. The summed E-state index contributed by atoms with van der Waals surface area (Å²) in [5, 5.41) is 4.01. The normalized spacial score (nSPS) is 16.9. The van der Waals surface area contributed by atoms with Gasteiger partial charge in [-0.1, -0.05) is 0 Å². The van der Waals surface area contributed by atoms with Crippen LogP contribution in [0.5, 0.6) is 0 Å². The van der Waals surface area contributed by atoms with Crippen LogP contribution in [0.2, 0.25) is 0 Å². The Morgan fingerprint density at radius 2 is 2.14 bits per heavy atom. The summed E-state index contributed by atoms with van der Waals surface area (Å²) in [5.74, 6) is -0.191. The van der Waals surface area contributed by atoms with Crippen molar-refractivity contribution in [3.8, 4) is 0 Å². The maximum absolute atomic E-state index is 11.6. The molecule has 0 atom stereocenters. The largest absolute Gasteiger partial charge is 0.336 e. The SMILES string of the molecule is CN1CC(=O)c2cc(Br)nn2CC1=O. The number of nitrogens with zero attached hydrogens (tertiary/aromatic N) is 3. The molecule has 0 radical (unpaired) electrons. The van der Waals surface area contributed by atoms with Crippen molar-refractivity contribution in [2.24, 2.45) is 0 Å². The van der Waals surface area contributed by atoms with Gasteiger partial charge in [-0.2, -0.15) is 5.10 Å². The van der Waals surface area contributed by atoms with Gasteiger partial charge in [0.1, 0.15) is 16.8 Å². The molecule has 1 aliphatic heterocycles. The Kier molecular flexibility index (Phi) is 2.14. The Hall–Kier alpha value is -1.17. The lowest BCUT2D eigenvalue weighted by Crippen LogP contribution is -2.30. The van der Waals surface area contributed by atoms with Gasteiger partial charge in [0, 0.05) is 13.1 Å². The van der Waals surface area contributed by atoms with Crippen molar-refractivity contribution in [3.63, 3.8) is 0 Å². The third-order valence-electron chi connectivity index (χ3n) is 2.13. The number of carbonyl (C=O) groups is 2. The number of rotatable bonds is 0. The summed E-state index contributed by atoms with van der Waals surface area (Å²) in [6.45, 7) is 0.250. The van der Waals surface area contributed by atoms with Crippen molar-refractivity contribution in [2.75, 3.05) is 13.6 Å². The van der Waals surface area contributed by atoms with E-state index in [2.05, 4.69) is 21.0 Å². The monoisotopic (exact) mass is 257 g/mol. The first kappa shape index (κ1) is 9.39. The van der Waals surface area contributed by atoms with Crippen LogP contribution in [0.25, 0.3) is 0 Å². The second kappa shape index (κ2) is 3.20. The second-order valence-corrected chi connectivity index (χ2v) is 4.00. The van der Waals surface area contributed by atoms with Crippen molar-refractivity contribution in [3.05, 3.63) is 16.4 Å². The number of Topliss-reactive ketones (excluding diaryl/α,β-unsaturated/α-hetero) is 1. The minimum atomic E-state index is -0.104. The lowest BCUT2D eigenvalue weighted by Gasteiger charge is -2.11. The number of amides is 1. The van der Waals surface area contributed by atoms with E-state index in [1.807, 2.05) is 0 Å². The van der Waals surface area contributed by atoms with E-state index in [-0.39, 0.29) is 24.8 Å². The summed E-state index contributed by atoms with van der Waals surface area (Å²) in [6, 6.07) is 1.63. The average Bonchev–Trinajstić information content (AvgIpc) is 2.42. The zero-order chi connectivity index (χ0) is 10.3. The fourth-order valence-corrected chi connectivity index (χ4v) is 1.77. The molecule has 0 aliphatic carbocycles. The molecular weight excluding hydrogens is 250 g/mol. The fraction of sp³-hybridized carbons (Fsp3) is 0.375. The Labute approximate surface area is 88.8 Å². The Balaban J connectivity index is 2.46. The maximum atomic E-state index is 11.6. The van der Waals surface area contributed by atoms with Crippen LogP contribution in [0.4, 0.5) is 0 Å². The van der Waals surface area contributed by atoms with Crippen LogP contribution in [0.3, 0.4) is 0 Å². The van der Waals surface area contributed by atoms with Gasteiger partial charge in [0.2, 0.25) is 5.91 Å². The Bertz CT molecular complexity index is 413. The van der Waals surface area contributed by atoms with Crippen LogP contribution >= 0.6 is 15.9 Å². The fourth-order valence-electron chi connectivity index (χ4n) is 1.36. The molecule has 1 aromatic rings. The first-order valence-electron chi connectivity index (χ1n) is 4.08. The van der Waals surface area contributed by atoms with Crippen molar-refractivity contribution >= 4 is 27.6 Å². The zero-order valence-corrected chi connectivity index (χ0v) is 9.11. The van der Waals surface area contributed by atoms with Crippen LogP contribution in [-0.4, -0.2) is 40.0 Å². The third kappa shape index (κ3) is 1.45. The second-order valence-electron chi connectivity index (χ2n) is 3.18. The van der Waals surface area contributed by atoms with E-state index in [1.165, 1.54) is 9.58 Å². The van der Waals surface area contributed by atoms with E-state index >= 15 is 0 Å². The molecule has 1 aromatic heterocycles. The van der Waals surface area contributed by atoms with Crippen LogP contribution in [-0.2, 0) is 11.3 Å². The van der Waals surface area contributed by atoms with E-state index in [9.17, 15) is 9.59 Å². The summed E-state index contributed by atoms with van der Waals surface area (Å²) < 4.78 is 2.01. The molecule has 0 spiro atoms. The van der Waals surface area contributed by atoms with Crippen molar-refractivity contribution < 1.29 is 9.59 Å². The van der Waals surface area contributed by atoms with E-state index in [0.29, 0.717) is 10.3 Å². The first-order valence-corrected chi connectivity index (χ1v) is 4.88. The molecular formula is C8H8BrN3O2. The third-order valence-corrected chi connectivity index (χ3v) is 2.51. The summed E-state index contributed by atoms with van der Waals surface area (Å²) in [7, 11) is 1.61. The highest BCUT2D eigenvalue weighted by molar-refractivity contribution is 9.10. The van der Waals surface area contributed by atoms with E-state index in [1.54, 1.807) is 13.1 Å². The summed E-state index contributed by atoms with van der Waals surface area (Å²) in [4.78, 5) is 24.4. The minimum absolute atomic E-state index is 0.0865. The molecule has 5 nitrogen and oxygen atoms in total. The molecule has 2 rings (SSSR count). The van der Waals surface area contributed by atoms with E-state index < -0.39 is 0 Å². The smallest absolute Gasteiger partial charge is 0.244 e. The molecule has 0 N–H and O–H groups in total. The van der Waals surface area contributed by atoms with Crippen molar-refractivity contribution in [1.29, 1.82) is 0 Å². The average molecular weight is 258 g/mol. The standard InChI is InChI=1S/C8H8BrN3O2/c1-11-3-6(13)5-2-7(9)10-12(5)4-8(11)14/h2H,3-4H2,1H3. The topological polar surface area (TPSA) is 55.2 Å². The number of likely N-dealkylation sites (N-methyl/N-ethyl adjacent to an activating group) is 1. The molecule has 0 saturated carbocycles. The number of hydrogen-bond acceptors (Lipinski definition) is 3. The number of ketones is 1. The van der Waals surface area contributed by atoms with Gasteiger partial charge in [0.15, 0.2) is 5.78 Å². The summed E-state index contributed by atoms with van der Waals surface area (Å²) in [6.07, 6.45) is 0. The molecule has 1 amide bonds. The lowest BCUT2D eigenvalue weighted by atomic mass is 10.3. The molecule has 0 aromatic carbocycles. The zero-order valence-electron chi connectivity index (χ0n) is 7.53. The number of aromatic nitrogens is 2. The predicted octanol–water partition coefficient (Wildman–Crippen LogP) is 0.300. The highest BCUT2D eigenvalue weighted by atomic mass is 79.9. The molecule has 74 valence electrons. The maximum Gasteiger partial charge on any atom is 0.244 e. The van der Waals surface area contributed by atoms with Crippen molar-refractivity contribution in [1.82, 2.24) is 14.7 Å². The number of halogens is 1. The molecule has 0 unspecified atom stereocenters. The van der Waals surface area contributed by atoms with Gasteiger partial charge in [0.25, 0.3) is 0 Å². The molecule has 1 aliphatic rings. The van der Waals surface area contributed by atoms with E-state index in [4.69, 9.17) is 0 Å². The van der Waals surface area contributed by atoms with Gasteiger partial charge in [-0.3, -0.25) is 14.3 Å². The number of hydrogen-bond donors (Lipinski definition) is 0. The van der Waals surface area contributed by atoms with Gasteiger partial charge in [-0.25, -0.2) is 0 Å². The molecule has 0 bridgehead atoms. The molecule has 6 heteroatoms. The predicted molar refractivity (Wildman–Crippen MR) is 51.9 cm³/mol. The van der Waals surface area contributed by atoms with Gasteiger partial charge in [-0.15, -0.1) is 0 Å². The van der Waals surface area contributed by atoms with Crippen LogP contribution in [0.1, 0.15) is 10.5 Å². The minimum Gasteiger partial charge on any atom is -0.336 e. The number of carbonyl (C=O) groups excluding carboxylic acids is 2. The number of fused-ring (bicyclic) bond motifs is 1. The summed E-state index contributed by atoms with van der Waals surface area (Å²) >= 11 is 3.17. The molecule has 0 fully saturated rings. The van der Waals surface area contributed by atoms with Gasteiger partial charge >= 0.3 is 0 Å². The van der Waals surface area contributed by atoms with Gasteiger partial charge < -0.3 is 4.90 Å². The highest BCUT2D eigenvalue weighted by Crippen LogP contribution is 2.14. The lowest BCUT2D eigenvalue weighted by molar-refractivity contribution is -0.129. The van der Waals surface area contributed by atoms with Crippen LogP contribution in [0, 0.1) is 0 Å². The van der Waals surface area contributed by atoms with Gasteiger partial charge in [0.05, 0.1) is 6.54 Å². The van der Waals surface area contributed by atoms with Crippen LogP contribution in [0.15, 0.2) is 10.7 Å². The molecule has 0 saturated heterocycles. The quantitative estimate of drug-likeness (QED) is 0.672. The van der Waals surface area contributed by atoms with Gasteiger partial charge in [-0.05, 0) is 15.9 Å². The Morgan fingerprint density at radius 1 is 1.43 bits per heavy atom. The highest BCUT2D eigenvalue weighted by Gasteiger charge is 2.24. The summed E-state index contributed by atoms with van der Waals surface area (Å²) in [5.41, 5.74) is 0.481. The molecule has 2 heterocycles. The van der Waals surface area contributed by atoms with E-state index in [0.717, 1.165) is 0 Å².